The molecule has 0 heterocycles. The van der Waals surface area contributed by atoms with E-state index in [0.717, 1.165) is 11.1 Å². The van der Waals surface area contributed by atoms with Crippen LogP contribution in [0.25, 0.3) is 0 Å². The molecule has 2 rings (SSSR count). The quantitative estimate of drug-likeness (QED) is 0.439. The van der Waals surface area contributed by atoms with Crippen LogP contribution in [0.5, 0.6) is 0 Å². The smallest absolute Gasteiger partial charge is 0.282 e. The van der Waals surface area contributed by atoms with E-state index in [2.05, 4.69) is 0 Å². The number of benzene rings is 2. The molecule has 11 heteroatoms. The van der Waals surface area contributed by atoms with Gasteiger partial charge in [0.25, 0.3) is 20.2 Å². The number of aryl methyl sites for hydroxylation is 2. The van der Waals surface area contributed by atoms with Gasteiger partial charge in [-0.3, -0.25) is 9.11 Å². The minimum Gasteiger partial charge on any atom is -0.282 e. The van der Waals surface area contributed by atoms with Gasteiger partial charge in [-0.05, 0) is 38.1 Å². The second-order valence-corrected chi connectivity index (χ2v) is 7.87. The Morgan fingerprint density at radius 3 is 0.966 bits per heavy atom. The van der Waals surface area contributed by atoms with E-state index in [4.69, 9.17) is 19.6 Å². The summed E-state index contributed by atoms with van der Waals surface area (Å²) in [4.78, 5) is -0.133. The summed E-state index contributed by atoms with van der Waals surface area (Å²) in [7, 11) is -8.04. The van der Waals surface area contributed by atoms with Crippen LogP contribution in [0.3, 0.4) is 0 Å². The summed E-state index contributed by atoms with van der Waals surface area (Å²) in [6.45, 7) is 6.54. The number of hydrogen-bond donors (Lipinski definition) is 2. The molecule has 2 aromatic rings. The average Bonchev–Trinajstić information content (AvgIpc) is 2.56. The van der Waals surface area contributed by atoms with Crippen molar-refractivity contribution >= 4 is 20.2 Å². The molecule has 2 N–H and O–H groups in total. The molecule has 0 aliphatic heterocycles. The third-order valence-electron chi connectivity index (χ3n) is 2.64. The van der Waals surface area contributed by atoms with Crippen LogP contribution in [0, 0.1) is 36.5 Å². The predicted octanol–water partition coefficient (Wildman–Crippen LogP) is 3.54. The summed E-state index contributed by atoms with van der Waals surface area (Å²) in [6.07, 6.45) is 0. The van der Waals surface area contributed by atoms with Gasteiger partial charge in [-0.2, -0.15) is 27.4 Å². The summed E-state index contributed by atoms with van der Waals surface area (Å²) in [5.41, 5.74) is 1.91. The van der Waals surface area contributed by atoms with Crippen LogP contribution in [-0.2, 0) is 40.7 Å². The Bertz CT molecular complexity index is 921. The molecule has 29 heavy (non-hydrogen) atoms. The second kappa shape index (κ2) is 15.8. The molecule has 0 aromatic heterocycles. The van der Waals surface area contributed by atoms with Gasteiger partial charge in [0.2, 0.25) is 0 Å². The Morgan fingerprint density at radius 2 is 0.828 bits per heavy atom. The zero-order chi connectivity index (χ0) is 22.4. The Balaban J connectivity index is -0.000000358. The largest absolute Gasteiger partial charge is 0.294 e. The zero-order valence-electron chi connectivity index (χ0n) is 16.2. The maximum atomic E-state index is 10.5. The molecule has 0 spiro atoms. The van der Waals surface area contributed by atoms with Crippen molar-refractivity contribution in [1.82, 2.24) is 0 Å². The monoisotopic (exact) mass is 532 g/mol. The molecule has 0 aliphatic carbocycles. The molecule has 0 amide bonds. The zero-order valence-corrected chi connectivity index (χ0v) is 19.4. The fourth-order valence-electron chi connectivity index (χ4n) is 1.42. The van der Waals surface area contributed by atoms with Crippen LogP contribution in [0.4, 0.5) is 0 Å². The van der Waals surface area contributed by atoms with Crippen molar-refractivity contribution in [2.24, 2.45) is 0 Å². The Labute approximate surface area is 186 Å². The van der Waals surface area contributed by atoms with Gasteiger partial charge < -0.3 is 0 Å². The van der Waals surface area contributed by atoms with E-state index < -0.39 is 20.2 Å². The van der Waals surface area contributed by atoms with Crippen LogP contribution in [0.2, 0.25) is 0 Å². The maximum Gasteiger partial charge on any atom is 0.294 e. The van der Waals surface area contributed by atoms with Crippen LogP contribution in [-0.4, -0.2) is 25.9 Å². The summed E-state index contributed by atoms with van der Waals surface area (Å²) < 4.78 is 59.1. The molecular formula is C18H22N2O6PdS2. The molecule has 162 valence electrons. The molecule has 0 saturated carbocycles. The van der Waals surface area contributed by atoms with Crippen LogP contribution >= 0.6 is 0 Å². The third-order valence-corrected chi connectivity index (χ3v) is 4.37. The standard InChI is InChI=1S/2C7H8O3S.2C2H3N.Pd/c2*1-6-2-4-7(5-3-6)11(8,9)10;2*1-2-3;/h2*2-5H,1H3,(H,8,9,10);2*1H3;. The Morgan fingerprint density at radius 1 is 0.655 bits per heavy atom. The normalized spacial score (nSPS) is 9.24. The number of rotatable bonds is 2. The van der Waals surface area contributed by atoms with Gasteiger partial charge in [-0.15, -0.1) is 0 Å². The fourth-order valence-corrected chi connectivity index (χ4v) is 2.38. The third kappa shape index (κ3) is 16.6. The van der Waals surface area contributed by atoms with Crippen molar-refractivity contribution in [2.75, 3.05) is 0 Å². The topological polar surface area (TPSA) is 156 Å². The van der Waals surface area contributed by atoms with Gasteiger partial charge in [0, 0.05) is 34.3 Å². The van der Waals surface area contributed by atoms with Crippen LogP contribution in [0.1, 0.15) is 25.0 Å². The second-order valence-electron chi connectivity index (χ2n) is 5.02. The van der Waals surface area contributed by atoms with Crippen molar-refractivity contribution in [3.05, 3.63) is 59.7 Å². The Kier molecular flexibility index (Phi) is 17.2. The number of hydrogen-bond acceptors (Lipinski definition) is 6. The first-order chi connectivity index (χ1) is 12.8. The number of nitriles is 2. The van der Waals surface area contributed by atoms with Gasteiger partial charge in [0.15, 0.2) is 0 Å². The minimum absolute atomic E-state index is 0. The van der Waals surface area contributed by atoms with Gasteiger partial charge in [-0.1, -0.05) is 35.4 Å². The molecule has 0 atom stereocenters. The average molecular weight is 533 g/mol. The van der Waals surface area contributed by atoms with Crippen LogP contribution in [0.15, 0.2) is 58.3 Å². The molecule has 8 nitrogen and oxygen atoms in total. The van der Waals surface area contributed by atoms with Crippen molar-refractivity contribution in [3.63, 3.8) is 0 Å². The summed E-state index contributed by atoms with van der Waals surface area (Å²) in [5, 5.41) is 14.6. The molecular weight excluding hydrogens is 511 g/mol. The van der Waals surface area contributed by atoms with Crippen molar-refractivity contribution < 1.29 is 46.4 Å². The number of nitrogens with zero attached hydrogens (tertiary/aromatic N) is 2. The molecule has 0 saturated heterocycles. The van der Waals surface area contributed by atoms with E-state index in [1.807, 2.05) is 13.8 Å². The van der Waals surface area contributed by atoms with Gasteiger partial charge in [0.1, 0.15) is 0 Å². The molecule has 0 bridgehead atoms. The van der Waals surface area contributed by atoms with Crippen molar-refractivity contribution in [2.45, 2.75) is 37.5 Å². The maximum absolute atomic E-state index is 10.5. The van der Waals surface area contributed by atoms with Crippen LogP contribution < -0.4 is 0 Å². The molecule has 2 aromatic carbocycles. The van der Waals surface area contributed by atoms with E-state index >= 15 is 0 Å². The van der Waals surface area contributed by atoms with E-state index in [9.17, 15) is 16.8 Å². The fraction of sp³-hybridized carbons (Fsp3) is 0.222. The first kappa shape index (κ1) is 31.6. The Hall–Kier alpha value is -2.10. The SMILES string of the molecule is CC#N.CC#N.Cc1ccc(S(=O)(=O)O)cc1.Cc1ccc(S(=O)(=O)O)cc1.[Pd]. The summed E-state index contributed by atoms with van der Waals surface area (Å²) in [5.74, 6) is 0. The molecule has 0 radical (unpaired) electrons. The van der Waals surface area contributed by atoms with Crippen molar-refractivity contribution in [3.8, 4) is 12.1 Å². The van der Waals surface area contributed by atoms with E-state index in [1.54, 1.807) is 36.4 Å². The summed E-state index contributed by atoms with van der Waals surface area (Å²) in [6, 6.07) is 15.5. The van der Waals surface area contributed by atoms with E-state index in [1.165, 1.54) is 38.1 Å². The van der Waals surface area contributed by atoms with E-state index in [0.29, 0.717) is 0 Å². The molecule has 0 unspecified atom stereocenters. The minimum atomic E-state index is -4.02. The van der Waals surface area contributed by atoms with Gasteiger partial charge >= 0.3 is 0 Å². The molecule has 0 fully saturated rings. The van der Waals surface area contributed by atoms with Crippen molar-refractivity contribution in [1.29, 1.82) is 10.5 Å². The first-order valence-electron chi connectivity index (χ1n) is 7.53. The van der Waals surface area contributed by atoms with Gasteiger partial charge in [0.05, 0.1) is 21.9 Å². The molecule has 0 aliphatic rings. The van der Waals surface area contributed by atoms with E-state index in [-0.39, 0.29) is 30.2 Å². The summed E-state index contributed by atoms with van der Waals surface area (Å²) >= 11 is 0. The van der Waals surface area contributed by atoms with Gasteiger partial charge in [-0.25, -0.2) is 0 Å². The predicted molar refractivity (Wildman–Crippen MR) is 105 cm³/mol. The first-order valence-corrected chi connectivity index (χ1v) is 10.4.